The van der Waals surface area contributed by atoms with E-state index < -0.39 is 11.7 Å². The average molecular weight is 287 g/mol. The third-order valence-corrected chi connectivity index (χ3v) is 3.78. The maximum atomic E-state index is 12.9. The lowest BCUT2D eigenvalue weighted by Gasteiger charge is -2.21. The molecule has 0 aliphatic carbocycles. The minimum Gasteiger partial charge on any atom is -0.310 e. The Morgan fingerprint density at radius 2 is 1.75 bits per heavy atom. The Hall–Kier alpha value is -1.03. The Bertz CT molecular complexity index is 401. The molecule has 1 aromatic carbocycles. The average Bonchev–Trinajstić information content (AvgIpc) is 2.42. The predicted octanol–water partition coefficient (Wildman–Crippen LogP) is 5.01. The molecule has 1 nitrogen and oxygen atoms in total. The first-order chi connectivity index (χ1) is 9.38. The molecule has 20 heavy (non-hydrogen) atoms. The van der Waals surface area contributed by atoms with E-state index in [0.29, 0.717) is 11.5 Å². The van der Waals surface area contributed by atoms with Gasteiger partial charge in [0.1, 0.15) is 0 Å². The molecule has 1 rings (SSSR count). The summed E-state index contributed by atoms with van der Waals surface area (Å²) in [5, 5.41) is 3.26. The summed E-state index contributed by atoms with van der Waals surface area (Å²) in [4.78, 5) is 0. The number of halogens is 3. The highest BCUT2D eigenvalue weighted by molar-refractivity contribution is 5.29. The normalized spacial score (nSPS) is 15.1. The van der Waals surface area contributed by atoms with Crippen molar-refractivity contribution in [2.75, 3.05) is 0 Å². The SMILES string of the molecule is CCC(C)CC(CC)NCc1ccccc1C(F)(F)F. The summed E-state index contributed by atoms with van der Waals surface area (Å²) in [6.07, 6.45) is -1.26. The first-order valence-corrected chi connectivity index (χ1v) is 7.26. The lowest BCUT2D eigenvalue weighted by Crippen LogP contribution is -2.30. The van der Waals surface area contributed by atoms with Crippen LogP contribution < -0.4 is 5.32 Å². The highest BCUT2D eigenvalue weighted by Gasteiger charge is 2.32. The molecule has 4 heteroatoms. The fourth-order valence-corrected chi connectivity index (χ4v) is 2.25. The first-order valence-electron chi connectivity index (χ1n) is 7.26. The van der Waals surface area contributed by atoms with Crippen LogP contribution in [0.15, 0.2) is 24.3 Å². The minimum absolute atomic E-state index is 0.268. The molecular weight excluding hydrogens is 263 g/mol. The van der Waals surface area contributed by atoms with E-state index in [2.05, 4.69) is 26.1 Å². The summed E-state index contributed by atoms with van der Waals surface area (Å²) in [5.74, 6) is 0.588. The minimum atomic E-state index is -4.28. The van der Waals surface area contributed by atoms with Gasteiger partial charge in [-0.1, -0.05) is 45.4 Å². The molecule has 2 unspecified atom stereocenters. The molecule has 0 heterocycles. The number of hydrogen-bond acceptors (Lipinski definition) is 1. The van der Waals surface area contributed by atoms with Crippen molar-refractivity contribution < 1.29 is 13.2 Å². The zero-order valence-corrected chi connectivity index (χ0v) is 12.4. The summed E-state index contributed by atoms with van der Waals surface area (Å²) >= 11 is 0. The molecule has 0 fully saturated rings. The summed E-state index contributed by atoms with van der Waals surface area (Å²) in [6, 6.07) is 6.05. The second-order valence-corrected chi connectivity index (χ2v) is 5.39. The summed E-state index contributed by atoms with van der Waals surface area (Å²) in [6.45, 7) is 6.64. The van der Waals surface area contributed by atoms with Crippen LogP contribution in [0.25, 0.3) is 0 Å². The molecule has 0 spiro atoms. The number of alkyl halides is 3. The molecular formula is C16H24F3N. The molecule has 0 saturated carbocycles. The Morgan fingerprint density at radius 1 is 1.10 bits per heavy atom. The number of rotatable bonds is 7. The van der Waals surface area contributed by atoms with Crippen molar-refractivity contribution in [2.24, 2.45) is 5.92 Å². The molecule has 0 aliphatic heterocycles. The Balaban J connectivity index is 2.69. The monoisotopic (exact) mass is 287 g/mol. The van der Waals surface area contributed by atoms with Gasteiger partial charge >= 0.3 is 6.18 Å². The van der Waals surface area contributed by atoms with E-state index >= 15 is 0 Å². The molecule has 0 aliphatic rings. The van der Waals surface area contributed by atoms with Crippen molar-refractivity contribution in [1.29, 1.82) is 0 Å². The molecule has 1 aromatic rings. The van der Waals surface area contributed by atoms with E-state index in [1.165, 1.54) is 6.07 Å². The van der Waals surface area contributed by atoms with Crippen LogP contribution in [-0.4, -0.2) is 6.04 Å². The summed E-state index contributed by atoms with van der Waals surface area (Å²) < 4.78 is 38.7. The zero-order valence-electron chi connectivity index (χ0n) is 12.4. The van der Waals surface area contributed by atoms with Crippen molar-refractivity contribution in [3.05, 3.63) is 35.4 Å². The quantitative estimate of drug-likeness (QED) is 0.743. The molecule has 0 amide bonds. The summed E-state index contributed by atoms with van der Waals surface area (Å²) in [5.41, 5.74) is -0.214. The van der Waals surface area contributed by atoms with Crippen molar-refractivity contribution in [2.45, 2.75) is 58.8 Å². The largest absolute Gasteiger partial charge is 0.416 e. The van der Waals surface area contributed by atoms with E-state index in [-0.39, 0.29) is 12.6 Å². The van der Waals surface area contributed by atoms with Crippen molar-refractivity contribution in [3.63, 3.8) is 0 Å². The van der Waals surface area contributed by atoms with Gasteiger partial charge in [-0.05, 0) is 30.4 Å². The van der Waals surface area contributed by atoms with Gasteiger partial charge in [-0.25, -0.2) is 0 Å². The molecule has 114 valence electrons. The Kier molecular flexibility index (Phi) is 6.53. The maximum absolute atomic E-state index is 12.9. The van der Waals surface area contributed by atoms with Gasteiger partial charge in [0, 0.05) is 12.6 Å². The van der Waals surface area contributed by atoms with Crippen LogP contribution in [-0.2, 0) is 12.7 Å². The topological polar surface area (TPSA) is 12.0 Å². The zero-order chi connectivity index (χ0) is 15.2. The summed E-state index contributed by atoms with van der Waals surface area (Å²) in [7, 11) is 0. The van der Waals surface area contributed by atoms with E-state index in [4.69, 9.17) is 0 Å². The predicted molar refractivity (Wildman–Crippen MR) is 76.4 cm³/mol. The van der Waals surface area contributed by atoms with Crippen molar-refractivity contribution in [1.82, 2.24) is 5.32 Å². The van der Waals surface area contributed by atoms with E-state index in [9.17, 15) is 13.2 Å². The number of hydrogen-bond donors (Lipinski definition) is 1. The first kappa shape index (κ1) is 17.0. The van der Waals surface area contributed by atoms with Gasteiger partial charge < -0.3 is 5.32 Å². The van der Waals surface area contributed by atoms with Crippen LogP contribution in [0.5, 0.6) is 0 Å². The molecule has 1 N–H and O–H groups in total. The van der Waals surface area contributed by atoms with Crippen molar-refractivity contribution in [3.8, 4) is 0 Å². The van der Waals surface area contributed by atoms with Gasteiger partial charge in [0.25, 0.3) is 0 Å². The van der Waals surface area contributed by atoms with Crippen molar-refractivity contribution >= 4 is 0 Å². The Morgan fingerprint density at radius 3 is 2.30 bits per heavy atom. The van der Waals surface area contributed by atoms with Gasteiger partial charge in [0.15, 0.2) is 0 Å². The van der Waals surface area contributed by atoms with Gasteiger partial charge in [0.2, 0.25) is 0 Å². The third kappa shape index (κ3) is 5.16. The molecule has 0 bridgehead atoms. The fraction of sp³-hybridized carbons (Fsp3) is 0.625. The van der Waals surface area contributed by atoms with Crippen LogP contribution in [0.2, 0.25) is 0 Å². The van der Waals surface area contributed by atoms with E-state index in [1.54, 1.807) is 12.1 Å². The van der Waals surface area contributed by atoms with Gasteiger partial charge in [0.05, 0.1) is 5.56 Å². The van der Waals surface area contributed by atoms with Crippen LogP contribution in [0.3, 0.4) is 0 Å². The molecule has 0 radical (unpaired) electrons. The number of benzene rings is 1. The maximum Gasteiger partial charge on any atom is 0.416 e. The highest BCUT2D eigenvalue weighted by atomic mass is 19.4. The van der Waals surface area contributed by atoms with Gasteiger partial charge in [-0.2, -0.15) is 13.2 Å². The smallest absolute Gasteiger partial charge is 0.310 e. The number of nitrogens with one attached hydrogen (secondary N) is 1. The second kappa shape index (κ2) is 7.67. The Labute approximate surface area is 119 Å². The molecule has 2 atom stereocenters. The highest BCUT2D eigenvalue weighted by Crippen LogP contribution is 2.31. The van der Waals surface area contributed by atoms with Gasteiger partial charge in [-0.15, -0.1) is 0 Å². The lowest BCUT2D eigenvalue weighted by molar-refractivity contribution is -0.138. The van der Waals surface area contributed by atoms with E-state index in [0.717, 1.165) is 25.3 Å². The van der Waals surface area contributed by atoms with Crippen LogP contribution >= 0.6 is 0 Å². The standard InChI is InChI=1S/C16H24F3N/c1-4-12(3)10-14(5-2)20-11-13-8-6-7-9-15(13)16(17,18)19/h6-9,12,14,20H,4-5,10-11H2,1-3H3. The van der Waals surface area contributed by atoms with E-state index in [1.807, 2.05) is 0 Å². The van der Waals surface area contributed by atoms with Crippen LogP contribution in [0.4, 0.5) is 13.2 Å². The van der Waals surface area contributed by atoms with Gasteiger partial charge in [-0.3, -0.25) is 0 Å². The van der Waals surface area contributed by atoms with Crippen LogP contribution in [0.1, 0.15) is 51.2 Å². The fourth-order valence-electron chi connectivity index (χ4n) is 2.25. The second-order valence-electron chi connectivity index (χ2n) is 5.39. The van der Waals surface area contributed by atoms with Crippen LogP contribution in [0, 0.1) is 5.92 Å². The molecule has 0 saturated heterocycles. The lowest BCUT2D eigenvalue weighted by atomic mass is 9.97. The molecule has 0 aromatic heterocycles. The third-order valence-electron chi connectivity index (χ3n) is 3.78.